The van der Waals surface area contributed by atoms with Gasteiger partial charge in [0, 0.05) is 4.75 Å². The van der Waals surface area contributed by atoms with Crippen molar-refractivity contribution in [2.45, 2.75) is 46.3 Å². The van der Waals surface area contributed by atoms with Crippen molar-refractivity contribution in [1.29, 1.82) is 0 Å². The number of allylic oxidation sites excluding steroid dienone is 3. The van der Waals surface area contributed by atoms with Crippen LogP contribution in [-0.4, -0.2) is 4.75 Å². The van der Waals surface area contributed by atoms with Gasteiger partial charge in [0.25, 0.3) is 0 Å². The standard InChI is InChI=1S/C13H22S/c1-9(2)11-7-8-13(5,6)14-12(11)10(3)4/h7-10H,1-6H3. The Morgan fingerprint density at radius 2 is 1.64 bits per heavy atom. The highest BCUT2D eigenvalue weighted by atomic mass is 32.2. The van der Waals surface area contributed by atoms with Crippen LogP contribution in [0.25, 0.3) is 0 Å². The topological polar surface area (TPSA) is 0 Å². The van der Waals surface area contributed by atoms with Crippen LogP contribution >= 0.6 is 11.8 Å². The van der Waals surface area contributed by atoms with Crippen molar-refractivity contribution in [2.75, 3.05) is 0 Å². The molecule has 0 amide bonds. The smallest absolute Gasteiger partial charge is 0.0329 e. The third kappa shape index (κ3) is 2.66. The van der Waals surface area contributed by atoms with Gasteiger partial charge in [0.1, 0.15) is 0 Å². The van der Waals surface area contributed by atoms with E-state index in [0.717, 1.165) is 0 Å². The Morgan fingerprint density at radius 3 is 2.07 bits per heavy atom. The molecule has 0 saturated carbocycles. The molecule has 1 aliphatic rings. The Labute approximate surface area is 92.9 Å². The first kappa shape index (κ1) is 11.9. The second kappa shape index (κ2) is 4.14. The fraction of sp³-hybridized carbons (Fsp3) is 0.692. The Bertz CT molecular complexity index is 267. The fourth-order valence-electron chi connectivity index (χ4n) is 1.68. The third-order valence-electron chi connectivity index (χ3n) is 2.47. The van der Waals surface area contributed by atoms with Crippen LogP contribution in [0.15, 0.2) is 22.6 Å². The summed E-state index contributed by atoms with van der Waals surface area (Å²) < 4.78 is 0.276. The third-order valence-corrected chi connectivity index (χ3v) is 4.06. The summed E-state index contributed by atoms with van der Waals surface area (Å²) in [7, 11) is 0. The van der Waals surface area contributed by atoms with E-state index >= 15 is 0 Å². The molecule has 0 fully saturated rings. The minimum absolute atomic E-state index is 0.276. The lowest BCUT2D eigenvalue weighted by Gasteiger charge is -2.31. The van der Waals surface area contributed by atoms with Crippen molar-refractivity contribution in [1.82, 2.24) is 0 Å². The van der Waals surface area contributed by atoms with Crippen molar-refractivity contribution in [3.8, 4) is 0 Å². The van der Waals surface area contributed by atoms with Gasteiger partial charge >= 0.3 is 0 Å². The molecule has 0 aromatic carbocycles. The number of hydrogen-bond donors (Lipinski definition) is 0. The quantitative estimate of drug-likeness (QED) is 0.640. The first-order valence-corrected chi connectivity index (χ1v) is 6.27. The van der Waals surface area contributed by atoms with E-state index in [1.807, 2.05) is 11.8 Å². The van der Waals surface area contributed by atoms with E-state index in [9.17, 15) is 0 Å². The van der Waals surface area contributed by atoms with Crippen LogP contribution in [0.4, 0.5) is 0 Å². The van der Waals surface area contributed by atoms with Gasteiger partial charge in [-0.3, -0.25) is 0 Å². The van der Waals surface area contributed by atoms with Crippen molar-refractivity contribution in [3.63, 3.8) is 0 Å². The second-order valence-corrected chi connectivity index (χ2v) is 6.86. The van der Waals surface area contributed by atoms with E-state index in [1.165, 1.54) is 5.57 Å². The molecular weight excluding hydrogens is 188 g/mol. The van der Waals surface area contributed by atoms with E-state index in [1.54, 1.807) is 4.91 Å². The molecule has 0 atom stereocenters. The molecule has 0 aliphatic carbocycles. The molecule has 1 heterocycles. The zero-order valence-corrected chi connectivity index (χ0v) is 11.0. The maximum Gasteiger partial charge on any atom is 0.0329 e. The summed E-state index contributed by atoms with van der Waals surface area (Å²) >= 11 is 2.03. The minimum Gasteiger partial charge on any atom is -0.120 e. The van der Waals surface area contributed by atoms with Crippen molar-refractivity contribution in [2.24, 2.45) is 11.8 Å². The van der Waals surface area contributed by atoms with Crippen LogP contribution in [0.3, 0.4) is 0 Å². The van der Waals surface area contributed by atoms with E-state index in [2.05, 4.69) is 53.7 Å². The molecule has 0 bridgehead atoms. The molecule has 14 heavy (non-hydrogen) atoms. The van der Waals surface area contributed by atoms with Gasteiger partial charge in [-0.1, -0.05) is 39.8 Å². The average Bonchev–Trinajstić information content (AvgIpc) is 2.01. The lowest BCUT2D eigenvalue weighted by atomic mass is 9.96. The lowest BCUT2D eigenvalue weighted by Crippen LogP contribution is -2.17. The van der Waals surface area contributed by atoms with Crippen LogP contribution < -0.4 is 0 Å². The van der Waals surface area contributed by atoms with Crippen LogP contribution in [0.1, 0.15) is 41.5 Å². The molecular formula is C13H22S. The van der Waals surface area contributed by atoms with E-state index in [-0.39, 0.29) is 4.75 Å². The Morgan fingerprint density at radius 1 is 1.07 bits per heavy atom. The number of hydrogen-bond acceptors (Lipinski definition) is 1. The summed E-state index contributed by atoms with van der Waals surface area (Å²) in [5.41, 5.74) is 1.53. The summed E-state index contributed by atoms with van der Waals surface area (Å²) in [6.07, 6.45) is 4.66. The highest BCUT2D eigenvalue weighted by Crippen LogP contribution is 2.44. The normalized spacial score (nSPS) is 21.1. The van der Waals surface area contributed by atoms with Crippen molar-refractivity contribution < 1.29 is 0 Å². The van der Waals surface area contributed by atoms with Gasteiger partial charge in [0.05, 0.1) is 0 Å². The first-order chi connectivity index (χ1) is 6.33. The maximum atomic E-state index is 2.33. The summed E-state index contributed by atoms with van der Waals surface area (Å²) in [5, 5.41) is 0. The largest absolute Gasteiger partial charge is 0.120 e. The van der Waals surface area contributed by atoms with Crippen LogP contribution in [0, 0.1) is 11.8 Å². The Hall–Kier alpha value is -0.170. The Kier molecular flexibility index (Phi) is 3.52. The Balaban J connectivity index is 3.04. The molecule has 0 spiro atoms. The van der Waals surface area contributed by atoms with Gasteiger partial charge in [-0.2, -0.15) is 0 Å². The van der Waals surface area contributed by atoms with Gasteiger partial charge in [0.2, 0.25) is 0 Å². The molecule has 0 saturated heterocycles. The fourth-order valence-corrected chi connectivity index (χ4v) is 3.04. The van der Waals surface area contributed by atoms with Crippen molar-refractivity contribution in [3.05, 3.63) is 22.6 Å². The molecule has 0 radical (unpaired) electrons. The first-order valence-electron chi connectivity index (χ1n) is 5.46. The second-order valence-electron chi connectivity index (χ2n) is 5.17. The number of thioether (sulfide) groups is 1. The average molecular weight is 210 g/mol. The summed E-state index contributed by atoms with van der Waals surface area (Å²) in [4.78, 5) is 1.58. The van der Waals surface area contributed by atoms with E-state index in [0.29, 0.717) is 11.8 Å². The maximum absolute atomic E-state index is 2.33. The molecule has 1 rings (SSSR count). The lowest BCUT2D eigenvalue weighted by molar-refractivity contribution is 0.728. The molecule has 80 valence electrons. The SMILES string of the molecule is CC(C)C1=C(C(C)C)SC(C)(C)C=C1. The zero-order valence-electron chi connectivity index (χ0n) is 10.2. The predicted molar refractivity (Wildman–Crippen MR) is 67.5 cm³/mol. The van der Waals surface area contributed by atoms with Gasteiger partial charge in [-0.05, 0) is 36.2 Å². The van der Waals surface area contributed by atoms with Gasteiger partial charge in [0.15, 0.2) is 0 Å². The molecule has 0 N–H and O–H groups in total. The highest BCUT2D eigenvalue weighted by molar-refractivity contribution is 8.04. The van der Waals surface area contributed by atoms with Crippen LogP contribution in [0.5, 0.6) is 0 Å². The minimum atomic E-state index is 0.276. The van der Waals surface area contributed by atoms with E-state index < -0.39 is 0 Å². The van der Waals surface area contributed by atoms with Gasteiger partial charge in [-0.25, -0.2) is 0 Å². The van der Waals surface area contributed by atoms with Crippen molar-refractivity contribution >= 4 is 11.8 Å². The van der Waals surface area contributed by atoms with E-state index in [4.69, 9.17) is 0 Å². The summed E-state index contributed by atoms with van der Waals surface area (Å²) in [6, 6.07) is 0. The van der Waals surface area contributed by atoms with Crippen LogP contribution in [0.2, 0.25) is 0 Å². The molecule has 0 unspecified atom stereocenters. The van der Waals surface area contributed by atoms with Gasteiger partial charge in [-0.15, -0.1) is 11.8 Å². The zero-order chi connectivity index (χ0) is 10.9. The molecule has 1 aliphatic heterocycles. The van der Waals surface area contributed by atoms with Crippen LogP contribution in [-0.2, 0) is 0 Å². The molecule has 0 aromatic heterocycles. The predicted octanol–water partition coefficient (Wildman–Crippen LogP) is 4.63. The molecule has 0 aromatic rings. The molecule has 0 nitrogen and oxygen atoms in total. The summed E-state index contributed by atoms with van der Waals surface area (Å²) in [6.45, 7) is 13.7. The number of rotatable bonds is 2. The summed E-state index contributed by atoms with van der Waals surface area (Å²) in [5.74, 6) is 1.30. The van der Waals surface area contributed by atoms with Gasteiger partial charge < -0.3 is 0 Å². The molecule has 1 heteroatoms. The highest BCUT2D eigenvalue weighted by Gasteiger charge is 2.25. The monoisotopic (exact) mass is 210 g/mol.